The second-order valence-corrected chi connectivity index (χ2v) is 5.95. The molecule has 0 radical (unpaired) electrons. The van der Waals surface area contributed by atoms with Crippen LogP contribution in [0.25, 0.3) is 16.6 Å². The van der Waals surface area contributed by atoms with Crippen molar-refractivity contribution in [3.05, 3.63) is 40.6 Å². The van der Waals surface area contributed by atoms with Crippen LogP contribution in [0.4, 0.5) is 5.82 Å². The summed E-state index contributed by atoms with van der Waals surface area (Å²) in [5, 5.41) is 11.4. The molecule has 7 nitrogen and oxygen atoms in total. The van der Waals surface area contributed by atoms with Gasteiger partial charge in [0.2, 0.25) is 5.91 Å². The van der Waals surface area contributed by atoms with E-state index < -0.39 is 0 Å². The lowest BCUT2D eigenvalue weighted by Gasteiger charge is -2.11. The summed E-state index contributed by atoms with van der Waals surface area (Å²) in [4.78, 5) is 15.7. The summed E-state index contributed by atoms with van der Waals surface area (Å²) in [7, 11) is 3.14. The smallest absolute Gasteiger partial charge is 0.239 e. The summed E-state index contributed by atoms with van der Waals surface area (Å²) in [6.45, 7) is 0.0740. The Labute approximate surface area is 153 Å². The van der Waals surface area contributed by atoms with Gasteiger partial charge < -0.3 is 15.4 Å². The Bertz CT molecular complexity index is 942. The van der Waals surface area contributed by atoms with E-state index in [0.29, 0.717) is 27.8 Å². The first kappa shape index (κ1) is 17.3. The predicted octanol–water partition coefficient (Wildman–Crippen LogP) is 2.89. The highest BCUT2D eigenvalue weighted by atomic mass is 35.5. The first-order valence-corrected chi connectivity index (χ1v) is 8.11. The van der Waals surface area contributed by atoms with Crippen LogP contribution in [0.15, 0.2) is 30.5 Å². The van der Waals surface area contributed by atoms with Crippen molar-refractivity contribution in [1.82, 2.24) is 20.1 Å². The third-order valence-electron chi connectivity index (χ3n) is 3.60. The summed E-state index contributed by atoms with van der Waals surface area (Å²) in [5.41, 5.74) is 1.38. The van der Waals surface area contributed by atoms with Gasteiger partial charge in [-0.1, -0.05) is 23.2 Å². The number of halogens is 2. The van der Waals surface area contributed by atoms with Gasteiger partial charge in [0.15, 0.2) is 0 Å². The first-order chi connectivity index (χ1) is 12.0. The number of hydrogen-bond acceptors (Lipinski definition) is 5. The minimum absolute atomic E-state index is 0.0740. The maximum atomic E-state index is 11.5. The minimum Gasteiger partial charge on any atom is -0.494 e. The molecule has 2 N–H and O–H groups in total. The second-order valence-electron chi connectivity index (χ2n) is 5.13. The fourth-order valence-corrected chi connectivity index (χ4v) is 2.75. The number of ether oxygens (including phenoxy) is 1. The van der Waals surface area contributed by atoms with Crippen molar-refractivity contribution in [3.8, 4) is 11.4 Å². The van der Waals surface area contributed by atoms with Gasteiger partial charge in [0.05, 0.1) is 30.8 Å². The third-order valence-corrected chi connectivity index (χ3v) is 4.03. The lowest BCUT2D eigenvalue weighted by Crippen LogP contribution is -2.26. The normalized spacial score (nSPS) is 10.7. The molecule has 2 heterocycles. The van der Waals surface area contributed by atoms with Crippen LogP contribution in [-0.2, 0) is 4.79 Å². The topological polar surface area (TPSA) is 81.1 Å². The fraction of sp³-hybridized carbons (Fsp3) is 0.188. The Hall–Kier alpha value is -2.51. The molecule has 2 aromatic heterocycles. The van der Waals surface area contributed by atoms with E-state index in [2.05, 4.69) is 20.7 Å². The predicted molar refractivity (Wildman–Crippen MR) is 98.0 cm³/mol. The van der Waals surface area contributed by atoms with Gasteiger partial charge in [-0.25, -0.2) is 9.67 Å². The molecule has 25 heavy (non-hydrogen) atoms. The lowest BCUT2D eigenvalue weighted by molar-refractivity contribution is -0.118. The summed E-state index contributed by atoms with van der Waals surface area (Å²) in [5.74, 6) is 0.916. The molecule has 0 bridgehead atoms. The van der Waals surface area contributed by atoms with Crippen molar-refractivity contribution >= 4 is 45.8 Å². The van der Waals surface area contributed by atoms with Crippen LogP contribution in [0.1, 0.15) is 0 Å². The van der Waals surface area contributed by atoms with Gasteiger partial charge in [-0.05, 0) is 18.2 Å². The van der Waals surface area contributed by atoms with Crippen molar-refractivity contribution in [2.75, 3.05) is 26.0 Å². The zero-order valence-electron chi connectivity index (χ0n) is 13.5. The molecule has 1 amide bonds. The number of likely N-dealkylation sites (N-methyl/N-ethyl adjacent to an activating group) is 1. The van der Waals surface area contributed by atoms with Crippen LogP contribution in [0.5, 0.6) is 5.75 Å². The van der Waals surface area contributed by atoms with E-state index in [1.807, 2.05) is 0 Å². The highest BCUT2D eigenvalue weighted by molar-refractivity contribution is 6.31. The van der Waals surface area contributed by atoms with Gasteiger partial charge in [0.1, 0.15) is 22.4 Å². The Morgan fingerprint density at radius 1 is 1.32 bits per heavy atom. The number of nitrogens with one attached hydrogen (secondary N) is 2. The van der Waals surface area contributed by atoms with Gasteiger partial charge in [-0.3, -0.25) is 4.79 Å². The molecule has 0 spiro atoms. The van der Waals surface area contributed by atoms with Crippen molar-refractivity contribution in [3.63, 3.8) is 0 Å². The highest BCUT2D eigenvalue weighted by Crippen LogP contribution is 2.31. The van der Waals surface area contributed by atoms with Gasteiger partial charge in [-0.15, -0.1) is 0 Å². The SMILES string of the molecule is CNC(=O)CNc1nc(Cl)cc2c1cnn2-c1cc(Cl)ccc1OC. The number of hydrogen-bond donors (Lipinski definition) is 2. The molecule has 0 atom stereocenters. The van der Waals surface area contributed by atoms with Crippen LogP contribution in [0.2, 0.25) is 10.2 Å². The zero-order chi connectivity index (χ0) is 18.0. The first-order valence-electron chi connectivity index (χ1n) is 7.36. The van der Waals surface area contributed by atoms with E-state index in [-0.39, 0.29) is 17.6 Å². The van der Waals surface area contributed by atoms with Crippen LogP contribution < -0.4 is 15.4 Å². The number of pyridine rings is 1. The molecule has 0 fully saturated rings. The van der Waals surface area contributed by atoms with Gasteiger partial charge in [-0.2, -0.15) is 5.10 Å². The average molecular weight is 380 g/mol. The molecule has 130 valence electrons. The number of anilines is 1. The quantitative estimate of drug-likeness (QED) is 0.666. The Kier molecular flexibility index (Phi) is 4.96. The van der Waals surface area contributed by atoms with Crippen molar-refractivity contribution in [1.29, 1.82) is 0 Å². The van der Waals surface area contributed by atoms with Crippen LogP contribution >= 0.6 is 23.2 Å². The summed E-state index contributed by atoms with van der Waals surface area (Å²) < 4.78 is 7.06. The Balaban J connectivity index is 2.12. The van der Waals surface area contributed by atoms with Crippen molar-refractivity contribution in [2.24, 2.45) is 0 Å². The van der Waals surface area contributed by atoms with E-state index in [4.69, 9.17) is 27.9 Å². The minimum atomic E-state index is -0.168. The standard InChI is InChI=1S/C16H15Cl2N5O2/c1-19-15(24)8-20-16-10-7-21-23(11(10)6-14(18)22-16)12-5-9(17)3-4-13(12)25-2/h3-7H,8H2,1-2H3,(H,19,24)(H,20,22). The van der Waals surface area contributed by atoms with E-state index in [0.717, 1.165) is 5.39 Å². The number of amides is 1. The van der Waals surface area contributed by atoms with Crippen LogP contribution in [0, 0.1) is 0 Å². The number of nitrogens with zero attached hydrogens (tertiary/aromatic N) is 3. The molecule has 1 aromatic carbocycles. The molecule has 0 aliphatic carbocycles. The molecule has 0 aliphatic heterocycles. The Morgan fingerprint density at radius 2 is 2.12 bits per heavy atom. The van der Waals surface area contributed by atoms with E-state index in [1.54, 1.807) is 49.3 Å². The average Bonchev–Trinajstić information content (AvgIpc) is 3.02. The monoisotopic (exact) mass is 379 g/mol. The number of fused-ring (bicyclic) bond motifs is 1. The fourth-order valence-electron chi connectivity index (χ4n) is 2.40. The summed E-state index contributed by atoms with van der Waals surface area (Å²) in [6, 6.07) is 6.94. The largest absolute Gasteiger partial charge is 0.494 e. The highest BCUT2D eigenvalue weighted by Gasteiger charge is 2.15. The molecule has 3 rings (SSSR count). The van der Waals surface area contributed by atoms with Gasteiger partial charge in [0.25, 0.3) is 0 Å². The van der Waals surface area contributed by atoms with Crippen molar-refractivity contribution in [2.45, 2.75) is 0 Å². The lowest BCUT2D eigenvalue weighted by atomic mass is 10.2. The van der Waals surface area contributed by atoms with Gasteiger partial charge in [0, 0.05) is 18.1 Å². The van der Waals surface area contributed by atoms with Gasteiger partial charge >= 0.3 is 0 Å². The maximum Gasteiger partial charge on any atom is 0.239 e. The maximum absolute atomic E-state index is 11.5. The molecule has 0 saturated carbocycles. The number of rotatable bonds is 5. The number of aromatic nitrogens is 3. The molecular weight excluding hydrogens is 365 g/mol. The van der Waals surface area contributed by atoms with E-state index >= 15 is 0 Å². The molecule has 3 aromatic rings. The number of methoxy groups -OCH3 is 1. The molecule has 0 unspecified atom stereocenters. The van der Waals surface area contributed by atoms with Crippen LogP contribution in [0.3, 0.4) is 0 Å². The molecule has 9 heteroatoms. The Morgan fingerprint density at radius 3 is 2.84 bits per heavy atom. The van der Waals surface area contributed by atoms with Crippen LogP contribution in [-0.4, -0.2) is 41.4 Å². The molecule has 0 saturated heterocycles. The van der Waals surface area contributed by atoms with Crippen molar-refractivity contribution < 1.29 is 9.53 Å². The second kappa shape index (κ2) is 7.16. The van der Waals surface area contributed by atoms with E-state index in [9.17, 15) is 4.79 Å². The molecular formula is C16H15Cl2N5O2. The van der Waals surface area contributed by atoms with E-state index in [1.165, 1.54) is 0 Å². The number of carbonyl (C=O) groups excluding carboxylic acids is 1. The summed E-state index contributed by atoms with van der Waals surface area (Å²) >= 11 is 12.3. The third kappa shape index (κ3) is 3.47. The number of carbonyl (C=O) groups is 1. The number of benzene rings is 1. The molecule has 0 aliphatic rings. The summed E-state index contributed by atoms with van der Waals surface area (Å²) in [6.07, 6.45) is 1.64. The zero-order valence-corrected chi connectivity index (χ0v) is 15.0.